The summed E-state index contributed by atoms with van der Waals surface area (Å²) in [6.07, 6.45) is 0. The normalized spacial score (nSPS) is 10.4. The van der Waals surface area contributed by atoms with Gasteiger partial charge in [0.15, 0.2) is 0 Å². The monoisotopic (exact) mass is 263 g/mol. The van der Waals surface area contributed by atoms with Gasteiger partial charge in [0.2, 0.25) is 5.13 Å². The van der Waals surface area contributed by atoms with Gasteiger partial charge in [-0.15, -0.1) is 10.2 Å². The van der Waals surface area contributed by atoms with Gasteiger partial charge in [-0.1, -0.05) is 29.5 Å². The zero-order chi connectivity index (χ0) is 13.0. The van der Waals surface area contributed by atoms with E-state index in [-0.39, 0.29) is 0 Å². The second-order valence-electron chi connectivity index (χ2n) is 3.95. The van der Waals surface area contributed by atoms with Crippen LogP contribution in [0.4, 0.5) is 10.8 Å². The maximum absolute atomic E-state index is 5.31. The molecule has 3 N–H and O–H groups in total. The second kappa shape index (κ2) is 5.79. The van der Waals surface area contributed by atoms with E-state index < -0.39 is 0 Å². The number of aromatic nitrogens is 2. The van der Waals surface area contributed by atoms with Crippen molar-refractivity contribution in [2.75, 3.05) is 16.9 Å². The molecule has 6 heteroatoms. The first kappa shape index (κ1) is 12.8. The Balaban J connectivity index is 2.17. The van der Waals surface area contributed by atoms with Crippen LogP contribution in [-0.2, 0) is 6.54 Å². The Hall–Kier alpha value is -1.66. The van der Waals surface area contributed by atoms with Crippen LogP contribution < -0.4 is 16.2 Å². The first-order chi connectivity index (χ1) is 8.74. The first-order valence-electron chi connectivity index (χ1n) is 5.84. The fourth-order valence-corrected chi connectivity index (χ4v) is 2.49. The van der Waals surface area contributed by atoms with E-state index >= 15 is 0 Å². The van der Waals surface area contributed by atoms with Crippen LogP contribution in [0.5, 0.6) is 0 Å². The van der Waals surface area contributed by atoms with Crippen molar-refractivity contribution in [2.45, 2.75) is 20.4 Å². The van der Waals surface area contributed by atoms with Crippen LogP contribution in [0.1, 0.15) is 17.5 Å². The molecule has 0 atom stereocenters. The van der Waals surface area contributed by atoms with Crippen LogP contribution in [-0.4, -0.2) is 16.7 Å². The molecular weight excluding hydrogens is 246 g/mol. The molecule has 18 heavy (non-hydrogen) atoms. The molecule has 0 radical (unpaired) electrons. The molecule has 1 aromatic heterocycles. The van der Waals surface area contributed by atoms with Gasteiger partial charge in [-0.2, -0.15) is 0 Å². The van der Waals surface area contributed by atoms with Crippen LogP contribution in [0.25, 0.3) is 0 Å². The van der Waals surface area contributed by atoms with Gasteiger partial charge in [-0.05, 0) is 25.5 Å². The predicted octanol–water partition coefficient (Wildman–Crippen LogP) is 2.16. The summed E-state index contributed by atoms with van der Waals surface area (Å²) in [5, 5.41) is 9.65. The van der Waals surface area contributed by atoms with E-state index in [0.29, 0.717) is 5.13 Å². The van der Waals surface area contributed by atoms with Crippen molar-refractivity contribution in [3.63, 3.8) is 0 Å². The van der Waals surface area contributed by atoms with E-state index in [9.17, 15) is 0 Å². The van der Waals surface area contributed by atoms with Crippen molar-refractivity contribution in [1.29, 1.82) is 0 Å². The fraction of sp³-hybridized carbons (Fsp3) is 0.333. The highest BCUT2D eigenvalue weighted by molar-refractivity contribution is 7.15. The summed E-state index contributed by atoms with van der Waals surface area (Å²) in [7, 11) is 0. The molecular formula is C12H17N5S. The highest BCUT2D eigenvalue weighted by Crippen LogP contribution is 2.23. The summed E-state index contributed by atoms with van der Waals surface area (Å²) in [6, 6.07) is 8.35. The number of para-hydroxylation sites is 1. The van der Waals surface area contributed by atoms with Gasteiger partial charge in [-0.3, -0.25) is 5.43 Å². The summed E-state index contributed by atoms with van der Waals surface area (Å²) in [4.78, 5) is 2.27. The number of hydrogen-bond acceptors (Lipinski definition) is 6. The van der Waals surface area contributed by atoms with Gasteiger partial charge in [0.1, 0.15) is 5.01 Å². The molecule has 0 fully saturated rings. The number of aryl methyl sites for hydroxylation is 1. The van der Waals surface area contributed by atoms with Gasteiger partial charge < -0.3 is 4.90 Å². The number of rotatable bonds is 5. The molecule has 0 spiro atoms. The molecule has 0 aliphatic rings. The number of anilines is 2. The lowest BCUT2D eigenvalue weighted by Gasteiger charge is -2.23. The number of nitrogen functional groups attached to an aromatic ring is 1. The van der Waals surface area contributed by atoms with E-state index in [4.69, 9.17) is 5.84 Å². The molecule has 1 heterocycles. The van der Waals surface area contributed by atoms with Gasteiger partial charge >= 0.3 is 0 Å². The minimum Gasteiger partial charge on any atom is -0.365 e. The molecule has 0 bridgehead atoms. The third kappa shape index (κ3) is 2.77. The van der Waals surface area contributed by atoms with Crippen molar-refractivity contribution in [3.05, 3.63) is 34.8 Å². The minimum absolute atomic E-state index is 0.644. The maximum Gasteiger partial charge on any atom is 0.219 e. The number of nitrogens with one attached hydrogen (secondary N) is 1. The second-order valence-corrected chi connectivity index (χ2v) is 5.01. The zero-order valence-corrected chi connectivity index (χ0v) is 11.4. The molecule has 0 aliphatic heterocycles. The standard InChI is InChI=1S/C12H17N5S/c1-3-17(10-7-5-4-6-9(10)2)8-11-15-16-12(14-13)18-11/h4-7H,3,8,13H2,1-2H3,(H,14,16). The summed E-state index contributed by atoms with van der Waals surface area (Å²) in [6.45, 7) is 5.93. The number of hydrazine groups is 1. The van der Waals surface area contributed by atoms with Gasteiger partial charge in [0.05, 0.1) is 6.54 Å². The molecule has 2 aromatic rings. The predicted molar refractivity (Wildman–Crippen MR) is 75.6 cm³/mol. The van der Waals surface area contributed by atoms with Crippen molar-refractivity contribution in [1.82, 2.24) is 10.2 Å². The van der Waals surface area contributed by atoms with E-state index in [2.05, 4.69) is 52.6 Å². The van der Waals surface area contributed by atoms with Gasteiger partial charge in [0.25, 0.3) is 0 Å². The van der Waals surface area contributed by atoms with E-state index in [1.54, 1.807) is 0 Å². The minimum atomic E-state index is 0.644. The average molecular weight is 263 g/mol. The molecule has 0 aliphatic carbocycles. The van der Waals surface area contributed by atoms with Crippen molar-refractivity contribution >= 4 is 22.2 Å². The first-order valence-corrected chi connectivity index (χ1v) is 6.65. The third-order valence-corrected chi connectivity index (χ3v) is 3.59. The molecule has 0 saturated carbocycles. The fourth-order valence-electron chi connectivity index (χ4n) is 1.82. The third-order valence-electron chi connectivity index (χ3n) is 2.75. The summed E-state index contributed by atoms with van der Waals surface area (Å²) < 4.78 is 0. The van der Waals surface area contributed by atoms with Crippen LogP contribution in [0.3, 0.4) is 0 Å². The smallest absolute Gasteiger partial charge is 0.219 e. The Morgan fingerprint density at radius 2 is 2.11 bits per heavy atom. The molecule has 96 valence electrons. The molecule has 0 unspecified atom stereocenters. The van der Waals surface area contributed by atoms with E-state index in [0.717, 1.165) is 18.1 Å². The van der Waals surface area contributed by atoms with E-state index in [1.807, 2.05) is 6.07 Å². The molecule has 0 amide bonds. The van der Waals surface area contributed by atoms with Crippen molar-refractivity contribution < 1.29 is 0 Å². The Kier molecular flexibility index (Phi) is 4.11. The number of nitrogens with zero attached hydrogens (tertiary/aromatic N) is 3. The molecule has 5 nitrogen and oxygen atoms in total. The van der Waals surface area contributed by atoms with Crippen molar-refractivity contribution in [3.8, 4) is 0 Å². The Morgan fingerprint density at radius 3 is 2.72 bits per heavy atom. The topological polar surface area (TPSA) is 67.1 Å². The van der Waals surface area contributed by atoms with Crippen LogP contribution >= 0.6 is 11.3 Å². The summed E-state index contributed by atoms with van der Waals surface area (Å²) in [5.41, 5.74) is 5.01. The number of benzene rings is 1. The Bertz CT molecular complexity index is 511. The van der Waals surface area contributed by atoms with Gasteiger partial charge in [-0.25, -0.2) is 5.84 Å². The molecule has 0 saturated heterocycles. The Morgan fingerprint density at radius 1 is 1.33 bits per heavy atom. The van der Waals surface area contributed by atoms with Gasteiger partial charge in [0, 0.05) is 12.2 Å². The highest BCUT2D eigenvalue weighted by atomic mass is 32.1. The quantitative estimate of drug-likeness (QED) is 0.639. The number of nitrogens with two attached hydrogens (primary N) is 1. The van der Waals surface area contributed by atoms with E-state index in [1.165, 1.54) is 22.6 Å². The van der Waals surface area contributed by atoms with Crippen molar-refractivity contribution in [2.24, 2.45) is 5.84 Å². The highest BCUT2D eigenvalue weighted by Gasteiger charge is 2.11. The Labute approximate surface area is 111 Å². The zero-order valence-electron chi connectivity index (χ0n) is 10.6. The SMILES string of the molecule is CCN(Cc1nnc(NN)s1)c1ccccc1C. The maximum atomic E-state index is 5.31. The molecule has 1 aromatic carbocycles. The van der Waals surface area contributed by atoms with Crippen LogP contribution in [0, 0.1) is 6.92 Å². The average Bonchev–Trinajstić information content (AvgIpc) is 2.85. The number of hydrogen-bond donors (Lipinski definition) is 2. The lowest BCUT2D eigenvalue weighted by molar-refractivity contribution is 0.808. The summed E-state index contributed by atoms with van der Waals surface area (Å²) in [5.74, 6) is 5.31. The van der Waals surface area contributed by atoms with Crippen LogP contribution in [0.2, 0.25) is 0 Å². The summed E-state index contributed by atoms with van der Waals surface area (Å²) >= 11 is 1.48. The largest absolute Gasteiger partial charge is 0.365 e. The van der Waals surface area contributed by atoms with Crippen LogP contribution in [0.15, 0.2) is 24.3 Å². The molecule has 2 rings (SSSR count). The lowest BCUT2D eigenvalue weighted by atomic mass is 10.2. The lowest BCUT2D eigenvalue weighted by Crippen LogP contribution is -2.22.